The second kappa shape index (κ2) is 5.27. The lowest BCUT2D eigenvalue weighted by molar-refractivity contribution is -0.137. The third-order valence-corrected chi connectivity index (χ3v) is 6.10. The van der Waals surface area contributed by atoms with Gasteiger partial charge in [0.1, 0.15) is 0 Å². The van der Waals surface area contributed by atoms with E-state index in [-0.39, 0.29) is 11.5 Å². The molecule has 1 saturated heterocycles. The Kier molecular flexibility index (Phi) is 3.76. The summed E-state index contributed by atoms with van der Waals surface area (Å²) < 4.78 is 7.03. The highest BCUT2D eigenvalue weighted by atomic mass is 79.9. The summed E-state index contributed by atoms with van der Waals surface area (Å²) in [7, 11) is 0. The van der Waals surface area contributed by atoms with Gasteiger partial charge in [0.15, 0.2) is 5.78 Å². The van der Waals surface area contributed by atoms with Gasteiger partial charge in [0.2, 0.25) is 0 Å². The highest BCUT2D eigenvalue weighted by Crippen LogP contribution is 2.45. The Morgan fingerprint density at radius 2 is 1.95 bits per heavy atom. The van der Waals surface area contributed by atoms with Crippen LogP contribution in [-0.2, 0) is 4.74 Å². The molecular formula is C17H21BrO2. The Labute approximate surface area is 129 Å². The molecule has 0 N–H and O–H groups in total. The first kappa shape index (κ1) is 14.3. The minimum Gasteiger partial charge on any atom is -0.375 e. The quantitative estimate of drug-likeness (QED) is 0.738. The van der Waals surface area contributed by atoms with Crippen LogP contribution in [0, 0.1) is 19.8 Å². The maximum Gasteiger partial charge on any atom is 0.166 e. The van der Waals surface area contributed by atoms with Gasteiger partial charge in [-0.1, -0.05) is 15.9 Å². The van der Waals surface area contributed by atoms with E-state index in [1.807, 2.05) is 26.0 Å². The predicted molar refractivity (Wildman–Crippen MR) is 83.2 cm³/mol. The Morgan fingerprint density at radius 1 is 1.30 bits per heavy atom. The first-order valence-corrected chi connectivity index (χ1v) is 8.25. The molecule has 0 bridgehead atoms. The first-order chi connectivity index (χ1) is 9.51. The van der Waals surface area contributed by atoms with E-state index in [2.05, 4.69) is 15.9 Å². The van der Waals surface area contributed by atoms with Gasteiger partial charge in [-0.2, -0.15) is 0 Å². The summed E-state index contributed by atoms with van der Waals surface area (Å²) in [4.78, 5) is 12.8. The summed E-state index contributed by atoms with van der Waals surface area (Å²) in [6, 6.07) is 4.03. The van der Waals surface area contributed by atoms with E-state index in [1.165, 1.54) is 6.42 Å². The lowest BCUT2D eigenvalue weighted by atomic mass is 9.70. The van der Waals surface area contributed by atoms with Gasteiger partial charge in [-0.05, 0) is 69.2 Å². The van der Waals surface area contributed by atoms with Crippen LogP contribution in [-0.4, -0.2) is 18.0 Å². The summed E-state index contributed by atoms with van der Waals surface area (Å²) in [6.07, 6.45) is 5.30. The fourth-order valence-electron chi connectivity index (χ4n) is 3.49. The highest BCUT2D eigenvalue weighted by molar-refractivity contribution is 9.10. The van der Waals surface area contributed by atoms with Crippen molar-refractivity contribution in [3.05, 3.63) is 33.3 Å². The molecule has 0 amide bonds. The smallest absolute Gasteiger partial charge is 0.166 e. The van der Waals surface area contributed by atoms with Crippen molar-refractivity contribution in [3.8, 4) is 0 Å². The standard InChI is InChI=1S/C17H21BrO2/c1-11-8-14(9-12(2)15(11)18)16(19)13-4-7-20-17(10-13)5-3-6-17/h8-9,13H,3-7,10H2,1-2H3. The number of aryl methyl sites for hydroxylation is 2. The minimum atomic E-state index is 0.0397. The van der Waals surface area contributed by atoms with E-state index in [0.29, 0.717) is 5.78 Å². The largest absolute Gasteiger partial charge is 0.375 e. The number of halogens is 1. The molecule has 20 heavy (non-hydrogen) atoms. The van der Waals surface area contributed by atoms with E-state index in [0.717, 1.165) is 53.5 Å². The molecule has 2 aliphatic rings. The van der Waals surface area contributed by atoms with Crippen molar-refractivity contribution >= 4 is 21.7 Å². The molecule has 2 fully saturated rings. The van der Waals surface area contributed by atoms with Gasteiger partial charge in [0.05, 0.1) is 5.60 Å². The molecule has 1 unspecified atom stereocenters. The van der Waals surface area contributed by atoms with Gasteiger partial charge < -0.3 is 4.74 Å². The van der Waals surface area contributed by atoms with E-state index in [9.17, 15) is 4.79 Å². The lowest BCUT2D eigenvalue weighted by Gasteiger charge is -2.46. The summed E-state index contributed by atoms with van der Waals surface area (Å²) in [5, 5.41) is 0. The fraction of sp³-hybridized carbons (Fsp3) is 0.588. The van der Waals surface area contributed by atoms with Crippen molar-refractivity contribution in [3.63, 3.8) is 0 Å². The monoisotopic (exact) mass is 336 g/mol. The van der Waals surface area contributed by atoms with Crippen LogP contribution >= 0.6 is 15.9 Å². The van der Waals surface area contributed by atoms with E-state index < -0.39 is 0 Å². The summed E-state index contributed by atoms with van der Waals surface area (Å²) >= 11 is 3.57. The molecule has 1 aliphatic carbocycles. The molecule has 108 valence electrons. The number of carbonyl (C=O) groups excluding carboxylic acids is 1. The van der Waals surface area contributed by atoms with Crippen LogP contribution < -0.4 is 0 Å². The number of ether oxygens (including phenoxy) is 1. The van der Waals surface area contributed by atoms with Gasteiger partial charge in [-0.3, -0.25) is 4.79 Å². The molecule has 0 radical (unpaired) electrons. The van der Waals surface area contributed by atoms with Crippen LogP contribution in [0.2, 0.25) is 0 Å². The Hall–Kier alpha value is -0.670. The van der Waals surface area contributed by atoms with Crippen LogP contribution in [0.3, 0.4) is 0 Å². The van der Waals surface area contributed by atoms with Crippen molar-refractivity contribution in [2.75, 3.05) is 6.61 Å². The number of hydrogen-bond acceptors (Lipinski definition) is 2. The average molecular weight is 337 g/mol. The van der Waals surface area contributed by atoms with Crippen LogP contribution in [0.4, 0.5) is 0 Å². The number of Topliss-reactive ketones (excluding diaryl/α,β-unsaturated/α-hetero) is 1. The summed E-state index contributed by atoms with van der Waals surface area (Å²) in [6.45, 7) is 4.83. The summed E-state index contributed by atoms with van der Waals surface area (Å²) in [5.41, 5.74) is 3.18. The Balaban J connectivity index is 1.81. The maximum atomic E-state index is 12.8. The van der Waals surface area contributed by atoms with Gasteiger partial charge in [0.25, 0.3) is 0 Å². The second-order valence-electron chi connectivity index (χ2n) is 6.36. The van der Waals surface area contributed by atoms with Crippen molar-refractivity contribution in [2.45, 2.75) is 51.6 Å². The molecule has 3 rings (SSSR count). The Bertz CT molecular complexity index is 523. The molecule has 1 aromatic carbocycles. The topological polar surface area (TPSA) is 26.3 Å². The van der Waals surface area contributed by atoms with Crippen molar-refractivity contribution in [1.82, 2.24) is 0 Å². The van der Waals surface area contributed by atoms with Crippen LogP contribution in [0.25, 0.3) is 0 Å². The molecule has 1 saturated carbocycles. The molecule has 1 heterocycles. The zero-order chi connectivity index (χ0) is 14.3. The molecule has 1 aromatic rings. The van der Waals surface area contributed by atoms with Crippen molar-refractivity contribution < 1.29 is 9.53 Å². The SMILES string of the molecule is Cc1cc(C(=O)C2CCOC3(CCC3)C2)cc(C)c1Br. The molecule has 0 aromatic heterocycles. The normalized spacial score (nSPS) is 24.4. The fourth-order valence-corrected chi connectivity index (χ4v) is 3.72. The average Bonchev–Trinajstić information content (AvgIpc) is 2.42. The second-order valence-corrected chi connectivity index (χ2v) is 7.16. The Morgan fingerprint density at radius 3 is 2.50 bits per heavy atom. The first-order valence-electron chi connectivity index (χ1n) is 7.46. The number of benzene rings is 1. The molecule has 3 heteroatoms. The van der Waals surface area contributed by atoms with E-state index >= 15 is 0 Å². The van der Waals surface area contributed by atoms with Crippen LogP contribution in [0.1, 0.15) is 53.6 Å². The predicted octanol–water partition coefficient (Wildman–Crippen LogP) is 4.60. The molecule has 1 aliphatic heterocycles. The lowest BCUT2D eigenvalue weighted by Crippen LogP contribution is -2.47. The number of hydrogen-bond donors (Lipinski definition) is 0. The zero-order valence-corrected chi connectivity index (χ0v) is 13.8. The zero-order valence-electron chi connectivity index (χ0n) is 12.2. The number of carbonyl (C=O) groups is 1. The third-order valence-electron chi connectivity index (χ3n) is 4.85. The molecule has 2 nitrogen and oxygen atoms in total. The van der Waals surface area contributed by atoms with Crippen molar-refractivity contribution in [2.24, 2.45) is 5.92 Å². The molecular weight excluding hydrogens is 316 g/mol. The van der Waals surface area contributed by atoms with Gasteiger partial charge in [0, 0.05) is 22.6 Å². The molecule has 1 atom stereocenters. The number of rotatable bonds is 2. The van der Waals surface area contributed by atoms with Crippen LogP contribution in [0.5, 0.6) is 0 Å². The van der Waals surface area contributed by atoms with Gasteiger partial charge in [-0.15, -0.1) is 0 Å². The number of ketones is 1. The minimum absolute atomic E-state index is 0.0397. The van der Waals surface area contributed by atoms with Gasteiger partial charge in [-0.25, -0.2) is 0 Å². The van der Waals surface area contributed by atoms with Crippen LogP contribution in [0.15, 0.2) is 16.6 Å². The van der Waals surface area contributed by atoms with E-state index in [1.54, 1.807) is 0 Å². The van der Waals surface area contributed by atoms with E-state index in [4.69, 9.17) is 4.74 Å². The third kappa shape index (κ3) is 2.46. The highest BCUT2D eigenvalue weighted by Gasteiger charge is 2.44. The molecule has 1 spiro atoms. The van der Waals surface area contributed by atoms with Crippen molar-refractivity contribution in [1.29, 1.82) is 0 Å². The van der Waals surface area contributed by atoms with Gasteiger partial charge >= 0.3 is 0 Å². The summed E-state index contributed by atoms with van der Waals surface area (Å²) in [5.74, 6) is 0.447. The maximum absolute atomic E-state index is 12.8.